The van der Waals surface area contributed by atoms with Crippen LogP contribution in [-0.2, 0) is 14.9 Å². The molecule has 1 aliphatic heterocycles. The van der Waals surface area contributed by atoms with E-state index in [2.05, 4.69) is 6.92 Å². The molecule has 0 aromatic heterocycles. The largest absolute Gasteiger partial charge is 0.448 e. The molecule has 1 atom stereocenters. The Labute approximate surface area is 113 Å². The summed E-state index contributed by atoms with van der Waals surface area (Å²) in [4.78, 5) is 25.2. The molecular formula is C15H19NO3. The molecule has 0 aliphatic carbocycles. The molecule has 4 nitrogen and oxygen atoms in total. The molecule has 0 spiro atoms. The fourth-order valence-electron chi connectivity index (χ4n) is 2.51. The van der Waals surface area contributed by atoms with Gasteiger partial charge in [-0.3, -0.25) is 4.79 Å². The van der Waals surface area contributed by atoms with Crippen LogP contribution in [0.2, 0.25) is 0 Å². The molecule has 1 unspecified atom stereocenters. The van der Waals surface area contributed by atoms with Gasteiger partial charge in [0, 0.05) is 7.05 Å². The van der Waals surface area contributed by atoms with Crippen molar-refractivity contribution in [1.29, 1.82) is 0 Å². The monoisotopic (exact) mass is 261 g/mol. The van der Waals surface area contributed by atoms with Crippen molar-refractivity contribution < 1.29 is 14.3 Å². The van der Waals surface area contributed by atoms with Gasteiger partial charge in [0.2, 0.25) is 5.91 Å². The predicted octanol–water partition coefficient (Wildman–Crippen LogP) is 2.72. The standard InChI is InChI=1S/C15H19NO3/c1-3-4-10-15(12-8-6-5-7-9-12)11-19-14(18)16(2)13(15)17/h5-9H,3-4,10-11H2,1-2H3. The number of ether oxygens (including phenoxy) is 1. The van der Waals surface area contributed by atoms with Gasteiger partial charge in [0.1, 0.15) is 12.0 Å². The Bertz CT molecular complexity index is 472. The molecule has 102 valence electrons. The van der Waals surface area contributed by atoms with Gasteiger partial charge >= 0.3 is 6.09 Å². The average Bonchev–Trinajstić information content (AvgIpc) is 2.46. The Kier molecular flexibility index (Phi) is 3.88. The Morgan fingerprint density at radius 2 is 1.95 bits per heavy atom. The van der Waals surface area contributed by atoms with Crippen molar-refractivity contribution in [1.82, 2.24) is 4.90 Å². The average molecular weight is 261 g/mol. The molecule has 0 saturated carbocycles. The summed E-state index contributed by atoms with van der Waals surface area (Å²) < 4.78 is 5.19. The number of imide groups is 1. The first-order chi connectivity index (χ1) is 9.12. The smallest absolute Gasteiger partial charge is 0.416 e. The molecule has 1 fully saturated rings. The van der Waals surface area contributed by atoms with Crippen LogP contribution in [0, 0.1) is 0 Å². The van der Waals surface area contributed by atoms with Crippen LogP contribution in [0.3, 0.4) is 0 Å². The van der Waals surface area contributed by atoms with Gasteiger partial charge in [-0.1, -0.05) is 50.1 Å². The van der Waals surface area contributed by atoms with Gasteiger partial charge in [0.25, 0.3) is 0 Å². The normalized spacial score (nSPS) is 23.4. The van der Waals surface area contributed by atoms with Crippen molar-refractivity contribution in [3.63, 3.8) is 0 Å². The highest BCUT2D eigenvalue weighted by Gasteiger charge is 2.48. The van der Waals surface area contributed by atoms with E-state index < -0.39 is 11.5 Å². The Morgan fingerprint density at radius 1 is 1.26 bits per heavy atom. The lowest BCUT2D eigenvalue weighted by Gasteiger charge is -2.39. The molecule has 2 amide bonds. The minimum Gasteiger partial charge on any atom is -0.448 e. The Morgan fingerprint density at radius 3 is 2.58 bits per heavy atom. The van der Waals surface area contributed by atoms with Crippen LogP contribution in [0.4, 0.5) is 4.79 Å². The van der Waals surface area contributed by atoms with Crippen molar-refractivity contribution in [2.75, 3.05) is 13.7 Å². The van der Waals surface area contributed by atoms with Crippen LogP contribution in [0.5, 0.6) is 0 Å². The van der Waals surface area contributed by atoms with E-state index in [0.29, 0.717) is 6.42 Å². The van der Waals surface area contributed by atoms with E-state index in [1.807, 2.05) is 30.3 Å². The zero-order valence-corrected chi connectivity index (χ0v) is 11.4. The lowest BCUT2D eigenvalue weighted by Crippen LogP contribution is -2.55. The van der Waals surface area contributed by atoms with E-state index in [4.69, 9.17) is 4.74 Å². The van der Waals surface area contributed by atoms with Crippen molar-refractivity contribution in [3.05, 3.63) is 35.9 Å². The summed E-state index contributed by atoms with van der Waals surface area (Å²) >= 11 is 0. The zero-order chi connectivity index (χ0) is 13.9. The number of likely N-dealkylation sites (N-methyl/N-ethyl adjacent to an activating group) is 1. The first kappa shape index (κ1) is 13.6. The van der Waals surface area contributed by atoms with Crippen LogP contribution in [0.25, 0.3) is 0 Å². The lowest BCUT2D eigenvalue weighted by atomic mass is 9.75. The third-order valence-corrected chi connectivity index (χ3v) is 3.71. The number of rotatable bonds is 4. The zero-order valence-electron chi connectivity index (χ0n) is 11.4. The van der Waals surface area contributed by atoms with Crippen molar-refractivity contribution >= 4 is 12.0 Å². The van der Waals surface area contributed by atoms with Crippen LogP contribution in [-0.4, -0.2) is 30.6 Å². The van der Waals surface area contributed by atoms with E-state index in [-0.39, 0.29) is 12.5 Å². The number of carbonyl (C=O) groups is 2. The first-order valence-corrected chi connectivity index (χ1v) is 6.62. The molecule has 0 N–H and O–H groups in total. The number of nitrogens with zero attached hydrogens (tertiary/aromatic N) is 1. The fourth-order valence-corrected chi connectivity index (χ4v) is 2.51. The summed E-state index contributed by atoms with van der Waals surface area (Å²) in [6.07, 6.45) is 2.06. The third-order valence-electron chi connectivity index (χ3n) is 3.71. The first-order valence-electron chi connectivity index (χ1n) is 6.62. The number of hydrogen-bond donors (Lipinski definition) is 0. The second kappa shape index (κ2) is 5.43. The van der Waals surface area contributed by atoms with Crippen molar-refractivity contribution in [3.8, 4) is 0 Å². The number of unbranched alkanes of at least 4 members (excludes halogenated alkanes) is 1. The number of amides is 2. The molecule has 1 aliphatic rings. The van der Waals surface area contributed by atoms with Gasteiger partial charge in [-0.05, 0) is 12.0 Å². The van der Waals surface area contributed by atoms with Crippen LogP contribution < -0.4 is 0 Å². The number of hydrogen-bond acceptors (Lipinski definition) is 3. The minimum absolute atomic E-state index is 0.138. The van der Waals surface area contributed by atoms with Crippen LogP contribution in [0.1, 0.15) is 31.7 Å². The van der Waals surface area contributed by atoms with Gasteiger partial charge in [0.15, 0.2) is 0 Å². The lowest BCUT2D eigenvalue weighted by molar-refractivity contribution is -0.141. The van der Waals surface area contributed by atoms with Crippen LogP contribution in [0.15, 0.2) is 30.3 Å². The topological polar surface area (TPSA) is 46.6 Å². The summed E-state index contributed by atoms with van der Waals surface area (Å²) in [5.74, 6) is -0.164. The molecular weight excluding hydrogens is 242 g/mol. The van der Waals surface area contributed by atoms with Crippen molar-refractivity contribution in [2.45, 2.75) is 31.6 Å². The number of carbonyl (C=O) groups excluding carboxylic acids is 2. The van der Waals surface area contributed by atoms with E-state index in [9.17, 15) is 9.59 Å². The Hall–Kier alpha value is -1.84. The molecule has 4 heteroatoms. The molecule has 0 bridgehead atoms. The van der Waals surface area contributed by atoms with Gasteiger partial charge in [-0.25, -0.2) is 9.69 Å². The summed E-state index contributed by atoms with van der Waals surface area (Å²) in [5.41, 5.74) is 0.202. The number of cyclic esters (lactones) is 1. The maximum Gasteiger partial charge on any atom is 0.416 e. The summed E-state index contributed by atoms with van der Waals surface area (Å²) in [6, 6.07) is 9.60. The maximum atomic E-state index is 12.6. The van der Waals surface area contributed by atoms with E-state index in [1.54, 1.807) is 0 Å². The molecule has 0 radical (unpaired) electrons. The maximum absolute atomic E-state index is 12.6. The molecule has 19 heavy (non-hydrogen) atoms. The highest BCUT2D eigenvalue weighted by atomic mass is 16.6. The SMILES string of the molecule is CCCCC1(c2ccccc2)COC(=O)N(C)C1=O. The molecule has 1 heterocycles. The summed E-state index contributed by atoms with van der Waals surface area (Å²) in [6.45, 7) is 2.22. The minimum atomic E-state index is -0.722. The van der Waals surface area contributed by atoms with Crippen LogP contribution >= 0.6 is 0 Å². The second-order valence-electron chi connectivity index (χ2n) is 4.97. The second-order valence-corrected chi connectivity index (χ2v) is 4.97. The van der Waals surface area contributed by atoms with Crippen molar-refractivity contribution in [2.24, 2.45) is 0 Å². The van der Waals surface area contributed by atoms with E-state index in [1.165, 1.54) is 7.05 Å². The molecule has 1 aromatic carbocycles. The molecule has 1 aromatic rings. The third kappa shape index (κ3) is 2.35. The molecule has 2 rings (SSSR count). The van der Waals surface area contributed by atoms with E-state index in [0.717, 1.165) is 23.3 Å². The summed E-state index contributed by atoms with van der Waals surface area (Å²) in [7, 11) is 1.48. The highest BCUT2D eigenvalue weighted by molar-refractivity contribution is 6.00. The van der Waals surface area contributed by atoms with E-state index >= 15 is 0 Å². The van der Waals surface area contributed by atoms with Gasteiger partial charge in [-0.15, -0.1) is 0 Å². The Balaban J connectivity index is 2.40. The number of benzene rings is 1. The van der Waals surface area contributed by atoms with Gasteiger partial charge < -0.3 is 4.74 Å². The predicted molar refractivity (Wildman–Crippen MR) is 71.8 cm³/mol. The molecule has 1 saturated heterocycles. The van der Waals surface area contributed by atoms with Gasteiger partial charge in [0.05, 0.1) is 0 Å². The summed E-state index contributed by atoms with van der Waals surface area (Å²) in [5, 5.41) is 0. The quantitative estimate of drug-likeness (QED) is 0.837. The fraction of sp³-hybridized carbons (Fsp3) is 0.467. The highest BCUT2D eigenvalue weighted by Crippen LogP contribution is 2.35. The van der Waals surface area contributed by atoms with Gasteiger partial charge in [-0.2, -0.15) is 0 Å².